The molecule has 0 bridgehead atoms. The lowest BCUT2D eigenvalue weighted by Gasteiger charge is -2.38. The number of hydrogen-bond donors (Lipinski definition) is 9. The molecule has 0 radical (unpaired) electrons. The topological polar surface area (TPSA) is 226 Å². The molecule has 1 aliphatic rings. The van der Waals surface area contributed by atoms with Crippen LogP contribution >= 0.6 is 0 Å². The molecule has 0 aromatic rings. The Kier molecular flexibility index (Phi) is 10.4. The molecule has 13 nitrogen and oxygen atoms in total. The largest absolute Gasteiger partial charge is 0.481 e. The first-order valence-electron chi connectivity index (χ1n) is 9.04. The van der Waals surface area contributed by atoms with Gasteiger partial charge >= 0.3 is 5.97 Å². The number of amides is 2. The van der Waals surface area contributed by atoms with Crippen LogP contribution in [-0.4, -0.2) is 110 Å². The standard InChI is InChI=1S/C16H28N2O11/c19-5-1-2-7(20)11(18-9(21)3-4-10(22)23)15(27)17-6-8-12(24)13(25)14(26)16(28)29-8/h7-8,11-14,16,19-20,24-26,28H,1-6H2,(H,17,27)(H,18,21)(H,22,23)/t7?,8-,11-,12+,13+,14-,16+/m0/s1. The second-order valence-electron chi connectivity index (χ2n) is 6.65. The van der Waals surface area contributed by atoms with Gasteiger partial charge in [0.25, 0.3) is 0 Å². The number of nitrogens with one attached hydrogen (secondary N) is 2. The molecule has 1 saturated heterocycles. The molecule has 0 aromatic carbocycles. The molecular formula is C16H28N2O11. The van der Waals surface area contributed by atoms with Crippen LogP contribution in [0.4, 0.5) is 0 Å². The number of carboxylic acids is 1. The summed E-state index contributed by atoms with van der Waals surface area (Å²) < 4.78 is 4.92. The minimum absolute atomic E-state index is 0.0417. The van der Waals surface area contributed by atoms with Crippen molar-refractivity contribution in [2.24, 2.45) is 0 Å². The zero-order valence-corrected chi connectivity index (χ0v) is 15.5. The first kappa shape index (κ1) is 25.2. The zero-order valence-electron chi connectivity index (χ0n) is 15.5. The number of aliphatic hydroxyl groups excluding tert-OH is 6. The maximum atomic E-state index is 12.4. The Morgan fingerprint density at radius 1 is 1.00 bits per heavy atom. The molecular weight excluding hydrogens is 396 g/mol. The minimum Gasteiger partial charge on any atom is -0.481 e. The molecule has 7 atom stereocenters. The van der Waals surface area contributed by atoms with Gasteiger partial charge in [-0.2, -0.15) is 0 Å². The summed E-state index contributed by atoms with van der Waals surface area (Å²) in [6.45, 7) is -0.701. The van der Waals surface area contributed by atoms with Crippen molar-refractivity contribution in [3.63, 3.8) is 0 Å². The molecule has 0 saturated carbocycles. The van der Waals surface area contributed by atoms with Crippen molar-refractivity contribution in [2.75, 3.05) is 13.2 Å². The van der Waals surface area contributed by atoms with Crippen LogP contribution in [-0.2, 0) is 19.1 Å². The third-order valence-electron chi connectivity index (χ3n) is 4.37. The van der Waals surface area contributed by atoms with E-state index in [1.54, 1.807) is 0 Å². The minimum atomic E-state index is -1.79. The normalized spacial score (nSPS) is 29.0. The number of carboxylic acid groups (broad SMARTS) is 1. The smallest absolute Gasteiger partial charge is 0.303 e. The SMILES string of the molecule is O=C(O)CCC(=O)N[C@H](C(=O)NC[C@@H]1O[C@@H](O)[C@@H](O)[C@H](O)[C@@H]1O)C(O)CCCO. The van der Waals surface area contributed by atoms with Crippen LogP contribution in [0.2, 0.25) is 0 Å². The van der Waals surface area contributed by atoms with Gasteiger partial charge in [0.1, 0.15) is 30.5 Å². The second-order valence-corrected chi connectivity index (χ2v) is 6.65. The van der Waals surface area contributed by atoms with E-state index in [0.717, 1.165) is 0 Å². The van der Waals surface area contributed by atoms with Crippen LogP contribution in [0.25, 0.3) is 0 Å². The third-order valence-corrected chi connectivity index (χ3v) is 4.37. The summed E-state index contributed by atoms with van der Waals surface area (Å²) in [5, 5.41) is 70.6. The lowest BCUT2D eigenvalue weighted by atomic mass is 9.98. The van der Waals surface area contributed by atoms with E-state index in [1.807, 2.05) is 0 Å². The number of aliphatic hydroxyl groups is 6. The molecule has 2 amide bonds. The van der Waals surface area contributed by atoms with Gasteiger partial charge in [-0.05, 0) is 12.8 Å². The summed E-state index contributed by atoms with van der Waals surface area (Å²) in [4.78, 5) is 34.8. The van der Waals surface area contributed by atoms with Gasteiger partial charge < -0.3 is 51.1 Å². The third kappa shape index (κ3) is 7.81. The molecule has 9 N–H and O–H groups in total. The molecule has 1 fully saturated rings. The second kappa shape index (κ2) is 12.0. The zero-order chi connectivity index (χ0) is 22.1. The average molecular weight is 424 g/mol. The Morgan fingerprint density at radius 3 is 2.24 bits per heavy atom. The van der Waals surface area contributed by atoms with E-state index in [4.69, 9.17) is 14.9 Å². The Hall–Kier alpha value is -1.87. The van der Waals surface area contributed by atoms with E-state index >= 15 is 0 Å². The van der Waals surface area contributed by atoms with Crippen LogP contribution < -0.4 is 10.6 Å². The summed E-state index contributed by atoms with van der Waals surface area (Å²) in [5.74, 6) is -2.91. The van der Waals surface area contributed by atoms with Crippen molar-refractivity contribution in [1.82, 2.24) is 10.6 Å². The molecule has 29 heavy (non-hydrogen) atoms. The molecule has 1 aliphatic heterocycles. The first-order valence-corrected chi connectivity index (χ1v) is 9.04. The van der Waals surface area contributed by atoms with E-state index in [2.05, 4.69) is 10.6 Å². The maximum Gasteiger partial charge on any atom is 0.303 e. The molecule has 0 aromatic heterocycles. The van der Waals surface area contributed by atoms with Crippen molar-refractivity contribution in [1.29, 1.82) is 0 Å². The Bertz CT molecular complexity index is 561. The van der Waals surface area contributed by atoms with Crippen molar-refractivity contribution >= 4 is 17.8 Å². The number of aliphatic carboxylic acids is 1. The highest BCUT2D eigenvalue weighted by Crippen LogP contribution is 2.19. The Morgan fingerprint density at radius 2 is 1.66 bits per heavy atom. The van der Waals surface area contributed by atoms with Crippen LogP contribution in [0.15, 0.2) is 0 Å². The van der Waals surface area contributed by atoms with Gasteiger partial charge in [0, 0.05) is 19.6 Å². The van der Waals surface area contributed by atoms with E-state index in [0.29, 0.717) is 0 Å². The van der Waals surface area contributed by atoms with Crippen molar-refractivity contribution in [2.45, 2.75) is 68.5 Å². The molecule has 168 valence electrons. The van der Waals surface area contributed by atoms with Crippen LogP contribution in [0, 0.1) is 0 Å². The maximum absolute atomic E-state index is 12.4. The van der Waals surface area contributed by atoms with Gasteiger partial charge in [-0.25, -0.2) is 0 Å². The Labute approximate surface area is 165 Å². The number of hydrogen-bond acceptors (Lipinski definition) is 10. The summed E-state index contributed by atoms with van der Waals surface area (Å²) >= 11 is 0. The van der Waals surface area contributed by atoms with Crippen molar-refractivity contribution < 1.29 is 54.9 Å². The number of rotatable bonds is 11. The van der Waals surface area contributed by atoms with Crippen molar-refractivity contribution in [3.05, 3.63) is 0 Å². The Balaban J connectivity index is 2.72. The lowest BCUT2D eigenvalue weighted by Crippen LogP contribution is -2.61. The number of carbonyl (C=O) groups is 3. The summed E-state index contributed by atoms with van der Waals surface area (Å²) in [7, 11) is 0. The highest BCUT2D eigenvalue weighted by Gasteiger charge is 2.43. The fraction of sp³-hybridized carbons (Fsp3) is 0.812. The van der Waals surface area contributed by atoms with Gasteiger partial charge in [-0.1, -0.05) is 0 Å². The van der Waals surface area contributed by atoms with Gasteiger partial charge in [-0.3, -0.25) is 14.4 Å². The van der Waals surface area contributed by atoms with Crippen LogP contribution in [0.1, 0.15) is 25.7 Å². The molecule has 1 heterocycles. The fourth-order valence-corrected chi connectivity index (χ4v) is 2.68. The summed E-state index contributed by atoms with van der Waals surface area (Å²) in [6.07, 6.45) is -10.4. The molecule has 0 spiro atoms. The van der Waals surface area contributed by atoms with E-state index in [1.165, 1.54) is 0 Å². The van der Waals surface area contributed by atoms with Gasteiger partial charge in [-0.15, -0.1) is 0 Å². The van der Waals surface area contributed by atoms with Gasteiger partial charge in [0.2, 0.25) is 11.8 Å². The monoisotopic (exact) mass is 424 g/mol. The van der Waals surface area contributed by atoms with Crippen LogP contribution in [0.3, 0.4) is 0 Å². The summed E-state index contributed by atoms with van der Waals surface area (Å²) in [5.41, 5.74) is 0. The van der Waals surface area contributed by atoms with Crippen molar-refractivity contribution in [3.8, 4) is 0 Å². The predicted molar refractivity (Wildman–Crippen MR) is 93.0 cm³/mol. The number of carbonyl (C=O) groups excluding carboxylic acids is 2. The van der Waals surface area contributed by atoms with Crippen LogP contribution in [0.5, 0.6) is 0 Å². The number of ether oxygens (including phenoxy) is 1. The fourth-order valence-electron chi connectivity index (χ4n) is 2.68. The van der Waals surface area contributed by atoms with E-state index in [-0.39, 0.29) is 19.4 Å². The molecule has 1 unspecified atom stereocenters. The summed E-state index contributed by atoms with van der Waals surface area (Å²) in [6, 6.07) is -1.48. The van der Waals surface area contributed by atoms with Gasteiger partial charge in [0.05, 0.1) is 12.5 Å². The highest BCUT2D eigenvalue weighted by molar-refractivity contribution is 5.89. The first-order chi connectivity index (χ1) is 13.6. The molecule has 13 heteroatoms. The molecule has 1 rings (SSSR count). The predicted octanol–water partition coefficient (Wildman–Crippen LogP) is -4.61. The van der Waals surface area contributed by atoms with E-state index < -0.39 is 80.0 Å². The van der Waals surface area contributed by atoms with Gasteiger partial charge in [0.15, 0.2) is 6.29 Å². The highest BCUT2D eigenvalue weighted by atomic mass is 16.6. The lowest BCUT2D eigenvalue weighted by molar-refractivity contribution is -0.280. The van der Waals surface area contributed by atoms with E-state index in [9.17, 15) is 39.9 Å². The molecule has 0 aliphatic carbocycles. The quantitative estimate of drug-likeness (QED) is 0.153. The average Bonchev–Trinajstić information content (AvgIpc) is 2.68.